The summed E-state index contributed by atoms with van der Waals surface area (Å²) in [7, 11) is 0. The highest BCUT2D eigenvalue weighted by Crippen LogP contribution is 2.45. The van der Waals surface area contributed by atoms with E-state index in [1.807, 2.05) is 6.07 Å². The van der Waals surface area contributed by atoms with E-state index in [0.717, 1.165) is 22.8 Å². The summed E-state index contributed by atoms with van der Waals surface area (Å²) in [6, 6.07) is 4.09. The Morgan fingerprint density at radius 2 is 2.05 bits per heavy atom. The van der Waals surface area contributed by atoms with Gasteiger partial charge in [-0.25, -0.2) is 0 Å². The molecule has 5 atom stereocenters. The minimum atomic E-state index is -0.666. The lowest BCUT2D eigenvalue weighted by atomic mass is 9.74. The van der Waals surface area contributed by atoms with Crippen LogP contribution < -0.4 is 10.4 Å². The third kappa shape index (κ3) is 1.54. The smallest absolute Gasteiger partial charge is 0.115 e. The Morgan fingerprint density at radius 3 is 2.95 bits per heavy atom. The number of aliphatic hydroxyl groups excluding tert-OH is 2. The van der Waals surface area contributed by atoms with E-state index in [1.165, 1.54) is 10.8 Å². The normalized spacial score (nSPS) is 38.0. The predicted octanol–water partition coefficient (Wildman–Crippen LogP) is 0.0914. The summed E-state index contributed by atoms with van der Waals surface area (Å²) in [5.74, 6) is -0.265. The van der Waals surface area contributed by atoms with Crippen LogP contribution in [0.4, 0.5) is 0 Å². The summed E-state index contributed by atoms with van der Waals surface area (Å²) < 4.78 is 5.47. The van der Waals surface area contributed by atoms with E-state index in [9.17, 15) is 10.2 Å². The molecule has 21 heavy (non-hydrogen) atoms. The minimum Gasteiger partial charge on any atom is -0.390 e. The molecule has 1 aliphatic heterocycles. The molecule has 1 heterocycles. The summed E-state index contributed by atoms with van der Waals surface area (Å²) in [5.41, 5.74) is 3.22. The maximum atomic E-state index is 10.8. The second-order valence-electron chi connectivity index (χ2n) is 6.28. The first-order valence-corrected chi connectivity index (χ1v) is 7.48. The van der Waals surface area contributed by atoms with Gasteiger partial charge < -0.3 is 14.9 Å². The molecule has 3 aliphatic carbocycles. The van der Waals surface area contributed by atoms with Crippen LogP contribution in [0.2, 0.25) is 0 Å². The molecular formula is C18H16O3. The SMILES string of the molecule is OC1c2ccc3c(c2=CC2=C[C@@H]4O[C@@H]4C(O)C21)=CC=CC3. The molecule has 3 unspecified atom stereocenters. The van der Waals surface area contributed by atoms with Crippen LogP contribution in [0.5, 0.6) is 0 Å². The number of ether oxygens (including phenoxy) is 1. The van der Waals surface area contributed by atoms with Gasteiger partial charge in [0.1, 0.15) is 12.2 Å². The highest BCUT2D eigenvalue weighted by Gasteiger charge is 2.53. The molecule has 106 valence electrons. The fourth-order valence-electron chi connectivity index (χ4n) is 3.97. The molecular weight excluding hydrogens is 264 g/mol. The zero-order valence-corrected chi connectivity index (χ0v) is 11.4. The molecule has 1 saturated heterocycles. The number of hydrogen-bond acceptors (Lipinski definition) is 3. The van der Waals surface area contributed by atoms with Gasteiger partial charge in [0, 0.05) is 5.92 Å². The first kappa shape index (κ1) is 11.9. The molecule has 5 rings (SSSR count). The molecule has 4 aliphatic rings. The van der Waals surface area contributed by atoms with Gasteiger partial charge in [-0.3, -0.25) is 0 Å². The Morgan fingerprint density at radius 1 is 1.14 bits per heavy atom. The molecule has 1 aromatic carbocycles. The third-order valence-electron chi connectivity index (χ3n) is 5.13. The van der Waals surface area contributed by atoms with Gasteiger partial charge in [-0.05, 0) is 39.6 Å². The molecule has 0 amide bonds. The maximum absolute atomic E-state index is 10.8. The third-order valence-corrected chi connectivity index (χ3v) is 5.13. The fraction of sp³-hybridized carbons (Fsp3) is 0.333. The Hall–Kier alpha value is -1.68. The van der Waals surface area contributed by atoms with Crippen molar-refractivity contribution in [3.63, 3.8) is 0 Å². The van der Waals surface area contributed by atoms with Crippen LogP contribution in [0.3, 0.4) is 0 Å². The van der Waals surface area contributed by atoms with Crippen LogP contribution in [0.25, 0.3) is 12.2 Å². The Bertz CT molecular complexity index is 818. The van der Waals surface area contributed by atoms with E-state index in [0.29, 0.717) is 0 Å². The topological polar surface area (TPSA) is 53.0 Å². The lowest BCUT2D eigenvalue weighted by Gasteiger charge is -2.34. The van der Waals surface area contributed by atoms with Crippen molar-refractivity contribution < 1.29 is 14.9 Å². The van der Waals surface area contributed by atoms with E-state index in [4.69, 9.17) is 4.74 Å². The lowest BCUT2D eigenvalue weighted by Crippen LogP contribution is -2.44. The fourth-order valence-corrected chi connectivity index (χ4v) is 3.97. The molecule has 3 heteroatoms. The second-order valence-corrected chi connectivity index (χ2v) is 6.28. The maximum Gasteiger partial charge on any atom is 0.115 e. The zero-order chi connectivity index (χ0) is 14.1. The quantitative estimate of drug-likeness (QED) is 0.662. The van der Waals surface area contributed by atoms with Crippen molar-refractivity contribution in [2.24, 2.45) is 5.92 Å². The van der Waals surface area contributed by atoms with Crippen LogP contribution in [0.15, 0.2) is 35.9 Å². The van der Waals surface area contributed by atoms with Crippen molar-refractivity contribution in [1.29, 1.82) is 0 Å². The number of epoxide rings is 1. The second kappa shape index (κ2) is 3.95. The van der Waals surface area contributed by atoms with Crippen molar-refractivity contribution in [2.45, 2.75) is 30.8 Å². The van der Waals surface area contributed by atoms with Crippen LogP contribution in [0, 0.1) is 5.92 Å². The number of aliphatic hydroxyl groups is 2. The van der Waals surface area contributed by atoms with Gasteiger partial charge in [-0.2, -0.15) is 0 Å². The number of hydrogen-bond donors (Lipinski definition) is 2. The van der Waals surface area contributed by atoms with Crippen molar-refractivity contribution in [2.75, 3.05) is 0 Å². The van der Waals surface area contributed by atoms with E-state index in [1.54, 1.807) is 0 Å². The lowest BCUT2D eigenvalue weighted by molar-refractivity contribution is 0.0149. The standard InChI is InChI=1S/C18H16O3/c19-16-12-6-5-9-3-1-2-4-11(9)13(12)7-10-8-14-18(21-14)17(20)15(10)16/h1-2,4-8,14-20H,3H2/t14-,15?,16?,17?,18-/m0/s1. The van der Waals surface area contributed by atoms with Crippen LogP contribution >= 0.6 is 0 Å². The average molecular weight is 280 g/mol. The van der Waals surface area contributed by atoms with E-state index in [2.05, 4.69) is 36.4 Å². The molecule has 0 spiro atoms. The summed E-state index contributed by atoms with van der Waals surface area (Å²) in [6.07, 6.45) is 10.1. The van der Waals surface area contributed by atoms with Crippen LogP contribution in [-0.4, -0.2) is 28.5 Å². The number of allylic oxidation sites excluding steroid dienone is 2. The first-order chi connectivity index (χ1) is 10.2. The first-order valence-electron chi connectivity index (χ1n) is 7.48. The van der Waals surface area contributed by atoms with E-state index >= 15 is 0 Å². The number of fused-ring (bicyclic) bond motifs is 5. The largest absolute Gasteiger partial charge is 0.390 e. The van der Waals surface area contributed by atoms with Crippen LogP contribution in [-0.2, 0) is 11.2 Å². The molecule has 1 fully saturated rings. The van der Waals surface area contributed by atoms with E-state index < -0.39 is 12.2 Å². The van der Waals surface area contributed by atoms with Crippen LogP contribution in [0.1, 0.15) is 17.2 Å². The summed E-state index contributed by atoms with van der Waals surface area (Å²) in [4.78, 5) is 0. The Labute approximate surface area is 122 Å². The van der Waals surface area contributed by atoms with Crippen molar-refractivity contribution in [3.8, 4) is 0 Å². The molecule has 2 N–H and O–H groups in total. The minimum absolute atomic E-state index is 0.0275. The summed E-state index contributed by atoms with van der Waals surface area (Å²) in [5, 5.41) is 23.4. The van der Waals surface area contributed by atoms with Gasteiger partial charge in [0.05, 0.1) is 12.2 Å². The van der Waals surface area contributed by atoms with Crippen molar-refractivity contribution in [1.82, 2.24) is 0 Å². The molecule has 1 aromatic rings. The van der Waals surface area contributed by atoms with Gasteiger partial charge in [-0.1, -0.05) is 36.4 Å². The average Bonchev–Trinajstić information content (AvgIpc) is 3.27. The Balaban J connectivity index is 1.81. The molecule has 0 bridgehead atoms. The number of benzene rings is 1. The Kier molecular flexibility index (Phi) is 2.24. The summed E-state index contributed by atoms with van der Waals surface area (Å²) >= 11 is 0. The molecule has 0 saturated carbocycles. The van der Waals surface area contributed by atoms with Gasteiger partial charge in [0.2, 0.25) is 0 Å². The zero-order valence-electron chi connectivity index (χ0n) is 11.4. The molecule has 0 aromatic heterocycles. The van der Waals surface area contributed by atoms with E-state index in [-0.39, 0.29) is 18.1 Å². The van der Waals surface area contributed by atoms with Crippen molar-refractivity contribution >= 4 is 12.2 Å². The molecule has 3 nitrogen and oxygen atoms in total. The highest BCUT2D eigenvalue weighted by molar-refractivity contribution is 5.60. The highest BCUT2D eigenvalue weighted by atomic mass is 16.6. The summed E-state index contributed by atoms with van der Waals surface area (Å²) in [6.45, 7) is 0. The predicted molar refractivity (Wildman–Crippen MR) is 78.7 cm³/mol. The van der Waals surface area contributed by atoms with Gasteiger partial charge >= 0.3 is 0 Å². The van der Waals surface area contributed by atoms with Gasteiger partial charge in [-0.15, -0.1) is 0 Å². The monoisotopic (exact) mass is 280 g/mol. The number of rotatable bonds is 0. The van der Waals surface area contributed by atoms with Crippen molar-refractivity contribution in [3.05, 3.63) is 57.5 Å². The van der Waals surface area contributed by atoms with Gasteiger partial charge in [0.25, 0.3) is 0 Å². The molecule has 0 radical (unpaired) electrons. The van der Waals surface area contributed by atoms with Gasteiger partial charge in [0.15, 0.2) is 0 Å².